The number of nitrogens with two attached hydrogens (primary N) is 2. The van der Waals surface area contributed by atoms with Gasteiger partial charge in [0.1, 0.15) is 0 Å². The molecule has 30 heavy (non-hydrogen) atoms. The van der Waals surface area contributed by atoms with Gasteiger partial charge in [0.2, 0.25) is 5.91 Å². The van der Waals surface area contributed by atoms with E-state index in [1.807, 2.05) is 12.1 Å². The van der Waals surface area contributed by atoms with Crippen LogP contribution in [-0.4, -0.2) is 24.5 Å². The monoisotopic (exact) mass is 409 g/mol. The quantitative estimate of drug-likeness (QED) is 0.466. The molecule has 5 N–H and O–H groups in total. The Bertz CT molecular complexity index is 674. The standard InChI is InChI=1S/C26H39N3O/c1-20(2)25(28)18-17-24(27)19-29-26(30)23(15-13-21-9-5-3-6-10-21)16-14-22-11-7-4-8-12-22/h3-12,20,23-25H,13-19,27-28H2,1-2H3,(H,29,30)/t24-,25?/m0/s1. The van der Waals surface area contributed by atoms with Crippen molar-refractivity contribution in [1.29, 1.82) is 0 Å². The van der Waals surface area contributed by atoms with Gasteiger partial charge in [0, 0.05) is 24.5 Å². The van der Waals surface area contributed by atoms with E-state index in [1.165, 1.54) is 11.1 Å². The minimum atomic E-state index is -0.0531. The first-order valence-corrected chi connectivity index (χ1v) is 11.3. The molecule has 0 saturated carbocycles. The molecule has 164 valence electrons. The van der Waals surface area contributed by atoms with Crippen LogP contribution in [0.25, 0.3) is 0 Å². The summed E-state index contributed by atoms with van der Waals surface area (Å²) in [5.41, 5.74) is 14.9. The number of hydrogen-bond acceptors (Lipinski definition) is 3. The summed E-state index contributed by atoms with van der Waals surface area (Å²) >= 11 is 0. The normalized spacial score (nSPS) is 13.4. The van der Waals surface area contributed by atoms with Crippen molar-refractivity contribution in [2.24, 2.45) is 23.3 Å². The first-order valence-electron chi connectivity index (χ1n) is 11.3. The molecule has 0 heterocycles. The van der Waals surface area contributed by atoms with Gasteiger partial charge in [-0.25, -0.2) is 0 Å². The molecule has 0 saturated heterocycles. The van der Waals surface area contributed by atoms with Gasteiger partial charge >= 0.3 is 0 Å². The Kier molecular flexibility index (Phi) is 10.6. The van der Waals surface area contributed by atoms with Crippen LogP contribution in [0.5, 0.6) is 0 Å². The van der Waals surface area contributed by atoms with Gasteiger partial charge in [0.15, 0.2) is 0 Å². The van der Waals surface area contributed by atoms with E-state index < -0.39 is 0 Å². The molecule has 0 spiro atoms. The van der Waals surface area contributed by atoms with Gasteiger partial charge in [-0.2, -0.15) is 0 Å². The number of aryl methyl sites for hydroxylation is 2. The third-order valence-corrected chi connectivity index (χ3v) is 5.88. The summed E-state index contributed by atoms with van der Waals surface area (Å²) in [4.78, 5) is 12.9. The predicted molar refractivity (Wildman–Crippen MR) is 126 cm³/mol. The highest BCUT2D eigenvalue weighted by molar-refractivity contribution is 5.78. The van der Waals surface area contributed by atoms with E-state index in [0.29, 0.717) is 12.5 Å². The molecule has 1 amide bonds. The Hall–Kier alpha value is -2.17. The third kappa shape index (κ3) is 9.10. The molecular formula is C26H39N3O. The highest BCUT2D eigenvalue weighted by Crippen LogP contribution is 2.17. The van der Waals surface area contributed by atoms with Crippen LogP contribution in [-0.2, 0) is 17.6 Å². The molecule has 0 aliphatic rings. The third-order valence-electron chi connectivity index (χ3n) is 5.88. The summed E-state index contributed by atoms with van der Waals surface area (Å²) < 4.78 is 0. The molecule has 4 nitrogen and oxygen atoms in total. The lowest BCUT2D eigenvalue weighted by Crippen LogP contribution is -2.41. The van der Waals surface area contributed by atoms with E-state index in [0.717, 1.165) is 38.5 Å². The maximum absolute atomic E-state index is 12.9. The first kappa shape index (κ1) is 24.1. The zero-order chi connectivity index (χ0) is 21.8. The summed E-state index contributed by atoms with van der Waals surface area (Å²) in [6.07, 6.45) is 5.22. The Labute approximate surface area is 182 Å². The second-order valence-corrected chi connectivity index (χ2v) is 8.74. The summed E-state index contributed by atoms with van der Waals surface area (Å²) in [7, 11) is 0. The molecule has 1 unspecified atom stereocenters. The Morgan fingerprint density at radius 3 is 1.77 bits per heavy atom. The minimum absolute atomic E-state index is 0.0180. The fourth-order valence-corrected chi connectivity index (χ4v) is 3.60. The van der Waals surface area contributed by atoms with Crippen molar-refractivity contribution in [3.8, 4) is 0 Å². The van der Waals surface area contributed by atoms with Crippen molar-refractivity contribution in [3.05, 3.63) is 71.8 Å². The van der Waals surface area contributed by atoms with E-state index in [1.54, 1.807) is 0 Å². The van der Waals surface area contributed by atoms with E-state index in [2.05, 4.69) is 67.7 Å². The maximum Gasteiger partial charge on any atom is 0.223 e. The van der Waals surface area contributed by atoms with Gasteiger partial charge in [0.25, 0.3) is 0 Å². The summed E-state index contributed by atoms with van der Waals surface area (Å²) in [6, 6.07) is 20.9. The smallest absolute Gasteiger partial charge is 0.223 e. The van der Waals surface area contributed by atoms with Crippen molar-refractivity contribution in [2.45, 2.75) is 64.5 Å². The van der Waals surface area contributed by atoms with E-state index in [9.17, 15) is 4.79 Å². The van der Waals surface area contributed by atoms with Crippen molar-refractivity contribution >= 4 is 5.91 Å². The lowest BCUT2D eigenvalue weighted by Gasteiger charge is -2.21. The first-order chi connectivity index (χ1) is 14.5. The summed E-state index contributed by atoms with van der Waals surface area (Å²) in [5.74, 6) is 0.549. The molecule has 0 aliphatic carbocycles. The number of carbonyl (C=O) groups excluding carboxylic acids is 1. The number of rotatable bonds is 13. The van der Waals surface area contributed by atoms with Crippen molar-refractivity contribution in [1.82, 2.24) is 5.32 Å². The second-order valence-electron chi connectivity index (χ2n) is 8.74. The second kappa shape index (κ2) is 13.2. The zero-order valence-electron chi connectivity index (χ0n) is 18.6. The SMILES string of the molecule is CC(C)C(N)CC[C@H](N)CNC(=O)C(CCc1ccccc1)CCc1ccccc1. The Morgan fingerprint density at radius 2 is 1.30 bits per heavy atom. The number of carbonyl (C=O) groups is 1. The zero-order valence-corrected chi connectivity index (χ0v) is 18.6. The van der Waals surface area contributed by atoms with Crippen LogP contribution >= 0.6 is 0 Å². The van der Waals surface area contributed by atoms with Crippen LogP contribution < -0.4 is 16.8 Å². The van der Waals surface area contributed by atoms with Crippen molar-refractivity contribution in [3.63, 3.8) is 0 Å². The lowest BCUT2D eigenvalue weighted by molar-refractivity contribution is -0.125. The lowest BCUT2D eigenvalue weighted by atomic mass is 9.92. The topological polar surface area (TPSA) is 81.1 Å². The highest BCUT2D eigenvalue weighted by atomic mass is 16.1. The number of hydrogen-bond donors (Lipinski definition) is 3. The average molecular weight is 410 g/mol. The summed E-state index contributed by atoms with van der Waals surface area (Å²) in [6.45, 7) is 4.76. The van der Waals surface area contributed by atoms with Gasteiger partial charge in [-0.05, 0) is 55.6 Å². The number of amides is 1. The fraction of sp³-hybridized carbons (Fsp3) is 0.500. The molecule has 2 atom stereocenters. The molecule has 0 bridgehead atoms. The van der Waals surface area contributed by atoms with Crippen LogP contribution in [0.15, 0.2) is 60.7 Å². The molecule has 0 radical (unpaired) electrons. The fourth-order valence-electron chi connectivity index (χ4n) is 3.60. The molecule has 2 aromatic carbocycles. The van der Waals surface area contributed by atoms with Crippen LogP contribution in [0, 0.1) is 11.8 Å². The Morgan fingerprint density at radius 1 is 0.800 bits per heavy atom. The van der Waals surface area contributed by atoms with E-state index in [4.69, 9.17) is 11.5 Å². The van der Waals surface area contributed by atoms with Gasteiger partial charge < -0.3 is 16.8 Å². The molecular weight excluding hydrogens is 370 g/mol. The van der Waals surface area contributed by atoms with Gasteiger partial charge in [-0.1, -0.05) is 74.5 Å². The van der Waals surface area contributed by atoms with Gasteiger partial charge in [-0.3, -0.25) is 4.79 Å². The molecule has 2 rings (SSSR count). The minimum Gasteiger partial charge on any atom is -0.354 e. The van der Waals surface area contributed by atoms with Crippen LogP contribution in [0.2, 0.25) is 0 Å². The van der Waals surface area contributed by atoms with Crippen molar-refractivity contribution in [2.75, 3.05) is 6.54 Å². The van der Waals surface area contributed by atoms with Crippen LogP contribution in [0.1, 0.15) is 50.7 Å². The molecule has 0 aliphatic heterocycles. The predicted octanol–water partition coefficient (Wildman–Crippen LogP) is 4.08. The maximum atomic E-state index is 12.9. The average Bonchev–Trinajstić information content (AvgIpc) is 2.77. The van der Waals surface area contributed by atoms with Crippen molar-refractivity contribution < 1.29 is 4.79 Å². The van der Waals surface area contributed by atoms with Crippen LogP contribution in [0.3, 0.4) is 0 Å². The molecule has 0 aromatic heterocycles. The van der Waals surface area contributed by atoms with Gasteiger partial charge in [-0.15, -0.1) is 0 Å². The van der Waals surface area contributed by atoms with Crippen LogP contribution in [0.4, 0.5) is 0 Å². The Balaban J connectivity index is 1.86. The number of benzene rings is 2. The molecule has 0 fully saturated rings. The van der Waals surface area contributed by atoms with E-state index >= 15 is 0 Å². The largest absolute Gasteiger partial charge is 0.354 e. The molecule has 4 heteroatoms. The molecule has 2 aromatic rings. The van der Waals surface area contributed by atoms with Gasteiger partial charge in [0.05, 0.1) is 0 Å². The summed E-state index contributed by atoms with van der Waals surface area (Å²) in [5, 5.41) is 3.10. The highest BCUT2D eigenvalue weighted by Gasteiger charge is 2.19. The number of nitrogens with one attached hydrogen (secondary N) is 1. The van der Waals surface area contributed by atoms with E-state index in [-0.39, 0.29) is 23.9 Å².